The van der Waals surface area contributed by atoms with Crippen LogP contribution in [-0.2, 0) is 46.3 Å². The molecule has 0 fully saturated rings. The van der Waals surface area contributed by atoms with Crippen molar-refractivity contribution >= 4 is 27.6 Å². The number of carbonyl (C=O) groups is 2. The van der Waals surface area contributed by atoms with Gasteiger partial charge in [-0.1, -0.05) is 148 Å². The number of carbonyl (C=O) groups excluding carboxylic acids is 2. The third-order valence-electron chi connectivity index (χ3n) is 9.22. The highest BCUT2D eigenvalue weighted by molar-refractivity contribution is 7.47. The number of phosphoric ester groups is 2. The number of rotatable bonds is 43. The lowest BCUT2D eigenvalue weighted by molar-refractivity contribution is -0.148. The van der Waals surface area contributed by atoms with Crippen molar-refractivity contribution in [2.45, 2.75) is 199 Å². The Morgan fingerprint density at radius 1 is 0.431 bits per heavy atom. The molecule has 344 valence electrons. The Hall–Kier alpha value is -1.22. The Morgan fingerprint density at radius 3 is 1.05 bits per heavy atom. The highest BCUT2D eigenvalue weighted by Crippen LogP contribution is 2.45. The minimum absolute atomic E-state index is 0.188. The zero-order valence-corrected chi connectivity index (χ0v) is 37.5. The van der Waals surface area contributed by atoms with Gasteiger partial charge in [-0.15, -0.1) is 0 Å². The maximum absolute atomic E-state index is 12.1. The third-order valence-corrected chi connectivity index (χ3v) is 11.1. The summed E-state index contributed by atoms with van der Waals surface area (Å²) >= 11 is 0. The maximum Gasteiger partial charge on any atom is 0.472 e. The molecule has 0 bridgehead atoms. The molecule has 0 radical (unpaired) electrons. The second-order valence-corrected chi connectivity index (χ2v) is 18.0. The molecular weight excluding hydrogens is 794 g/mol. The number of phosphoric acid groups is 2. The quantitative estimate of drug-likeness (QED) is 0.0167. The van der Waals surface area contributed by atoms with Crippen LogP contribution < -0.4 is 0 Å². The van der Waals surface area contributed by atoms with E-state index in [0.717, 1.165) is 57.8 Å². The van der Waals surface area contributed by atoms with E-state index in [4.69, 9.17) is 9.47 Å². The fourth-order valence-corrected chi connectivity index (χ4v) is 7.31. The fraction of sp³-hybridized carbons (Fsp3) is 0.902. The summed E-state index contributed by atoms with van der Waals surface area (Å²) in [6.45, 7) is 0.376. The lowest BCUT2D eigenvalue weighted by Crippen LogP contribution is -2.25. The molecule has 0 amide bonds. The zero-order valence-electron chi connectivity index (χ0n) is 35.7. The molecule has 0 saturated heterocycles. The fourth-order valence-electron chi connectivity index (χ4n) is 5.72. The van der Waals surface area contributed by atoms with Crippen LogP contribution in [0.1, 0.15) is 181 Å². The first-order chi connectivity index (χ1) is 27.8. The van der Waals surface area contributed by atoms with Crippen LogP contribution in [0.3, 0.4) is 0 Å². The van der Waals surface area contributed by atoms with Crippen LogP contribution in [0.25, 0.3) is 0 Å². The monoisotopic (exact) mass is 874 g/mol. The largest absolute Gasteiger partial charge is 0.472 e. The van der Waals surface area contributed by atoms with E-state index in [1.54, 1.807) is 0 Å². The van der Waals surface area contributed by atoms with E-state index in [9.17, 15) is 43.8 Å². The summed E-state index contributed by atoms with van der Waals surface area (Å²) < 4.78 is 52.8. The van der Waals surface area contributed by atoms with Crippen molar-refractivity contribution in [1.82, 2.24) is 0 Å². The second-order valence-electron chi connectivity index (χ2n) is 15.1. The van der Waals surface area contributed by atoms with E-state index >= 15 is 0 Å². The molecule has 5 atom stereocenters. The molecule has 0 spiro atoms. The Balaban J connectivity index is 3.91. The number of allylic oxidation sites excluding steroid dienone is 2. The van der Waals surface area contributed by atoms with Gasteiger partial charge in [-0.3, -0.25) is 27.7 Å². The van der Waals surface area contributed by atoms with Gasteiger partial charge >= 0.3 is 27.6 Å². The van der Waals surface area contributed by atoms with Crippen molar-refractivity contribution in [2.24, 2.45) is 0 Å². The first-order valence-electron chi connectivity index (χ1n) is 22.0. The normalized spacial score (nSPS) is 15.5. The molecule has 0 aromatic rings. The summed E-state index contributed by atoms with van der Waals surface area (Å²) in [6, 6.07) is 0. The third kappa shape index (κ3) is 40.2. The molecule has 0 aliphatic heterocycles. The summed E-state index contributed by atoms with van der Waals surface area (Å²) in [4.78, 5) is 43.6. The van der Waals surface area contributed by atoms with Gasteiger partial charge in [0, 0.05) is 12.8 Å². The Morgan fingerprint density at radius 2 is 0.707 bits per heavy atom. The van der Waals surface area contributed by atoms with Gasteiger partial charge < -0.3 is 34.6 Å². The van der Waals surface area contributed by atoms with Gasteiger partial charge in [0.05, 0.1) is 26.4 Å². The number of aliphatic hydroxyl groups excluding tert-OH is 3. The molecule has 0 aromatic carbocycles. The zero-order chi connectivity index (χ0) is 43.2. The van der Waals surface area contributed by atoms with Crippen molar-refractivity contribution < 1.29 is 71.4 Å². The molecule has 17 heteroatoms. The van der Waals surface area contributed by atoms with Crippen LogP contribution in [0.5, 0.6) is 0 Å². The molecule has 5 N–H and O–H groups in total. The molecule has 0 aliphatic carbocycles. The van der Waals surface area contributed by atoms with Crippen molar-refractivity contribution in [1.29, 1.82) is 0 Å². The van der Waals surface area contributed by atoms with Gasteiger partial charge in [-0.2, -0.15) is 0 Å². The number of unbranched alkanes of at least 4 members (excludes halogenated alkanes) is 21. The van der Waals surface area contributed by atoms with Gasteiger partial charge in [0.1, 0.15) is 31.5 Å². The summed E-state index contributed by atoms with van der Waals surface area (Å²) in [5.41, 5.74) is 0. The van der Waals surface area contributed by atoms with Crippen LogP contribution in [0, 0.1) is 0 Å². The summed E-state index contributed by atoms with van der Waals surface area (Å²) in [5.74, 6) is -1.000. The Labute approximate surface area is 349 Å². The number of hydrogen-bond donors (Lipinski definition) is 5. The smallest absolute Gasteiger partial charge is 0.463 e. The second kappa shape index (κ2) is 38.7. The molecule has 0 aromatic heterocycles. The molecule has 0 heterocycles. The topological polar surface area (TPSA) is 225 Å². The maximum atomic E-state index is 12.1. The SMILES string of the molecule is CCCC/C=C\CCCCCCCC(=O)OCC(O)COP(=O)(O)OCC(O)COP(=O)(O)OCC(O)COC(=O)CCCCCCCCCCCCCCCCC. The van der Waals surface area contributed by atoms with Crippen molar-refractivity contribution in [3.63, 3.8) is 0 Å². The van der Waals surface area contributed by atoms with E-state index in [-0.39, 0.29) is 12.8 Å². The first-order valence-corrected chi connectivity index (χ1v) is 25.0. The van der Waals surface area contributed by atoms with Crippen molar-refractivity contribution in [3.05, 3.63) is 12.2 Å². The molecule has 0 rings (SSSR count). The predicted molar refractivity (Wildman–Crippen MR) is 224 cm³/mol. The van der Waals surface area contributed by atoms with Gasteiger partial charge in [0.25, 0.3) is 0 Å². The number of aliphatic hydroxyl groups is 3. The van der Waals surface area contributed by atoms with E-state index in [0.29, 0.717) is 12.8 Å². The molecule has 0 aliphatic rings. The van der Waals surface area contributed by atoms with E-state index in [1.165, 1.54) is 83.5 Å². The summed E-state index contributed by atoms with van der Waals surface area (Å²) in [6.07, 6.45) is 27.8. The number of ether oxygens (including phenoxy) is 2. The number of esters is 2. The minimum atomic E-state index is -4.78. The first kappa shape index (κ1) is 56.8. The molecule has 5 unspecified atom stereocenters. The van der Waals surface area contributed by atoms with Gasteiger partial charge in [-0.25, -0.2) is 9.13 Å². The minimum Gasteiger partial charge on any atom is -0.463 e. The van der Waals surface area contributed by atoms with Crippen LogP contribution >= 0.6 is 15.6 Å². The Kier molecular flexibility index (Phi) is 37.9. The highest BCUT2D eigenvalue weighted by Gasteiger charge is 2.28. The predicted octanol–water partition coefficient (Wildman–Crippen LogP) is 9.16. The lowest BCUT2D eigenvalue weighted by atomic mass is 10.0. The van der Waals surface area contributed by atoms with E-state index in [2.05, 4.69) is 44.1 Å². The van der Waals surface area contributed by atoms with Crippen LogP contribution in [0.2, 0.25) is 0 Å². The average Bonchev–Trinajstić information content (AvgIpc) is 3.19. The molecule has 0 saturated carbocycles. The molecular formula is C41H80O15P2. The molecule has 58 heavy (non-hydrogen) atoms. The van der Waals surface area contributed by atoms with Gasteiger partial charge in [0.15, 0.2) is 0 Å². The van der Waals surface area contributed by atoms with Gasteiger partial charge in [0.2, 0.25) is 0 Å². The lowest BCUT2D eigenvalue weighted by Gasteiger charge is -2.19. The Bertz CT molecular complexity index is 1110. The van der Waals surface area contributed by atoms with Crippen molar-refractivity contribution in [3.8, 4) is 0 Å². The van der Waals surface area contributed by atoms with E-state index < -0.39 is 85.5 Å². The summed E-state index contributed by atoms with van der Waals surface area (Å²) in [5, 5.41) is 29.9. The standard InChI is InChI=1S/C41H80O15P2/c1-3-5-7-9-11-13-15-16-17-18-20-22-24-26-28-30-41(46)52-32-38(43)34-54-58(49,50)56-36-39(44)35-55-57(47,48)53-33-37(42)31-51-40(45)29-27-25-23-21-19-14-12-10-8-6-4-2/h10,12,37-39,42-44H,3-9,11,13-36H2,1-2H3,(H,47,48)(H,49,50)/b12-10-. The van der Waals surface area contributed by atoms with Crippen LogP contribution in [0.4, 0.5) is 0 Å². The highest BCUT2D eigenvalue weighted by atomic mass is 31.2. The number of hydrogen-bond acceptors (Lipinski definition) is 13. The van der Waals surface area contributed by atoms with E-state index in [1.807, 2.05) is 0 Å². The average molecular weight is 875 g/mol. The summed E-state index contributed by atoms with van der Waals surface area (Å²) in [7, 11) is -9.55. The van der Waals surface area contributed by atoms with Crippen LogP contribution in [-0.4, -0.2) is 95.0 Å². The van der Waals surface area contributed by atoms with Crippen LogP contribution in [0.15, 0.2) is 12.2 Å². The van der Waals surface area contributed by atoms with Crippen molar-refractivity contribution in [2.75, 3.05) is 39.6 Å². The molecule has 15 nitrogen and oxygen atoms in total. The van der Waals surface area contributed by atoms with Gasteiger partial charge in [-0.05, 0) is 32.1 Å².